The van der Waals surface area contributed by atoms with Crippen LogP contribution >= 0.6 is 0 Å². The number of aryl methyl sites for hydroxylation is 1. The molecule has 0 aromatic heterocycles. The molecule has 0 fully saturated rings. The molecule has 104 valence electrons. The number of nitrogens with one attached hydrogen (secondary N) is 2. The number of anilines is 1. The zero-order chi connectivity index (χ0) is 14.3. The average Bonchev–Trinajstić information content (AvgIpc) is 2.39. The molecule has 1 aromatic rings. The minimum atomic E-state index is -0.358. The molecule has 2 amide bonds. The topological polar surface area (TPSA) is 93.5 Å². The van der Waals surface area contributed by atoms with Crippen molar-refractivity contribution in [3.8, 4) is 0 Å². The van der Waals surface area contributed by atoms with Crippen LogP contribution in [0.25, 0.3) is 0 Å². The molecule has 0 atom stereocenters. The molecular weight excluding hydrogens is 246 g/mol. The molecule has 4 N–H and O–H groups in total. The van der Waals surface area contributed by atoms with Gasteiger partial charge in [-0.2, -0.15) is 0 Å². The van der Waals surface area contributed by atoms with Gasteiger partial charge in [-0.15, -0.1) is 0 Å². The van der Waals surface area contributed by atoms with E-state index in [2.05, 4.69) is 10.6 Å². The monoisotopic (exact) mass is 265 g/mol. The van der Waals surface area contributed by atoms with Crippen LogP contribution in [0, 0.1) is 6.92 Å². The van der Waals surface area contributed by atoms with Gasteiger partial charge in [0.25, 0.3) is 5.91 Å². The molecule has 0 aliphatic carbocycles. The van der Waals surface area contributed by atoms with Crippen LogP contribution in [0.4, 0.5) is 5.69 Å². The van der Waals surface area contributed by atoms with Crippen molar-refractivity contribution in [3.05, 3.63) is 29.3 Å². The zero-order valence-corrected chi connectivity index (χ0v) is 11.2. The van der Waals surface area contributed by atoms with Gasteiger partial charge in [-0.3, -0.25) is 9.59 Å². The first-order valence-electron chi connectivity index (χ1n) is 5.94. The van der Waals surface area contributed by atoms with Gasteiger partial charge in [0.1, 0.15) is 0 Å². The van der Waals surface area contributed by atoms with E-state index in [9.17, 15) is 9.59 Å². The molecule has 0 radical (unpaired) electrons. The number of rotatable bonds is 6. The Kier molecular flexibility index (Phi) is 5.81. The van der Waals surface area contributed by atoms with Crippen LogP contribution in [0.2, 0.25) is 0 Å². The quantitative estimate of drug-likeness (QED) is 0.501. The van der Waals surface area contributed by atoms with Crippen LogP contribution in [-0.4, -0.2) is 38.6 Å². The van der Waals surface area contributed by atoms with Crippen LogP contribution in [0.3, 0.4) is 0 Å². The third-order valence-electron chi connectivity index (χ3n) is 2.49. The number of ether oxygens (including phenoxy) is 1. The molecule has 1 aromatic carbocycles. The van der Waals surface area contributed by atoms with Gasteiger partial charge in [-0.1, -0.05) is 11.6 Å². The predicted octanol–water partition coefficient (Wildman–Crippen LogP) is 0.0696. The highest BCUT2D eigenvalue weighted by Crippen LogP contribution is 2.13. The second-order valence-corrected chi connectivity index (χ2v) is 4.12. The third kappa shape index (κ3) is 4.97. The van der Waals surface area contributed by atoms with E-state index >= 15 is 0 Å². The van der Waals surface area contributed by atoms with Crippen molar-refractivity contribution in [1.82, 2.24) is 10.6 Å². The van der Waals surface area contributed by atoms with Gasteiger partial charge in [0.2, 0.25) is 5.91 Å². The molecule has 0 bridgehead atoms. The van der Waals surface area contributed by atoms with E-state index in [0.29, 0.717) is 24.4 Å². The Labute approximate surface area is 112 Å². The smallest absolute Gasteiger partial charge is 0.253 e. The van der Waals surface area contributed by atoms with Gasteiger partial charge in [0, 0.05) is 19.3 Å². The van der Waals surface area contributed by atoms with Crippen LogP contribution in [-0.2, 0) is 9.53 Å². The summed E-state index contributed by atoms with van der Waals surface area (Å²) < 4.78 is 4.80. The Hall–Kier alpha value is -2.08. The van der Waals surface area contributed by atoms with Crippen molar-refractivity contribution in [1.29, 1.82) is 0 Å². The molecule has 0 saturated heterocycles. The van der Waals surface area contributed by atoms with Gasteiger partial charge >= 0.3 is 0 Å². The summed E-state index contributed by atoms with van der Waals surface area (Å²) in [7, 11) is 1.55. The minimum absolute atomic E-state index is 0.0874. The summed E-state index contributed by atoms with van der Waals surface area (Å²) in [5.41, 5.74) is 7.42. The van der Waals surface area contributed by atoms with Crippen LogP contribution in [0.5, 0.6) is 0 Å². The molecule has 6 nitrogen and oxygen atoms in total. The van der Waals surface area contributed by atoms with Gasteiger partial charge < -0.3 is 21.1 Å². The summed E-state index contributed by atoms with van der Waals surface area (Å²) in [6.07, 6.45) is 0. The van der Waals surface area contributed by atoms with E-state index in [4.69, 9.17) is 10.5 Å². The van der Waals surface area contributed by atoms with E-state index < -0.39 is 0 Å². The zero-order valence-electron chi connectivity index (χ0n) is 11.2. The number of carbonyl (C=O) groups is 2. The van der Waals surface area contributed by atoms with Crippen molar-refractivity contribution < 1.29 is 14.3 Å². The lowest BCUT2D eigenvalue weighted by Gasteiger charge is -2.08. The first kappa shape index (κ1) is 15.0. The summed E-state index contributed by atoms with van der Waals surface area (Å²) in [5.74, 6) is -0.625. The fourth-order valence-electron chi connectivity index (χ4n) is 1.48. The number of benzene rings is 1. The lowest BCUT2D eigenvalue weighted by molar-refractivity contribution is -0.120. The minimum Gasteiger partial charge on any atom is -0.398 e. The number of hydrogen-bond acceptors (Lipinski definition) is 4. The number of nitrogens with two attached hydrogens (primary N) is 1. The van der Waals surface area contributed by atoms with Crippen molar-refractivity contribution in [2.75, 3.05) is 32.5 Å². The normalized spacial score (nSPS) is 10.0. The maximum absolute atomic E-state index is 11.9. The maximum Gasteiger partial charge on any atom is 0.253 e. The fraction of sp³-hybridized carbons (Fsp3) is 0.385. The van der Waals surface area contributed by atoms with Crippen LogP contribution < -0.4 is 16.4 Å². The Bertz CT molecular complexity index is 460. The Morgan fingerprint density at radius 3 is 2.74 bits per heavy atom. The van der Waals surface area contributed by atoms with Crippen molar-refractivity contribution in [3.63, 3.8) is 0 Å². The second kappa shape index (κ2) is 7.38. The summed E-state index contributed by atoms with van der Waals surface area (Å²) in [6.45, 7) is 2.63. The standard InChI is InChI=1S/C13H19N3O3/c1-9-3-4-11(14)10(7-9)13(18)16-8-12(17)15-5-6-19-2/h3-4,7H,5-6,8,14H2,1-2H3,(H,15,17)(H,16,18). The van der Waals surface area contributed by atoms with E-state index in [1.54, 1.807) is 19.2 Å². The number of hydrogen-bond donors (Lipinski definition) is 3. The lowest BCUT2D eigenvalue weighted by Crippen LogP contribution is -2.38. The molecule has 0 aliphatic heterocycles. The summed E-state index contributed by atoms with van der Waals surface area (Å²) in [6, 6.07) is 5.18. The molecule has 1 rings (SSSR count). The SMILES string of the molecule is COCCNC(=O)CNC(=O)c1cc(C)ccc1N. The van der Waals surface area contributed by atoms with Crippen LogP contribution in [0.1, 0.15) is 15.9 Å². The number of methoxy groups -OCH3 is 1. The van der Waals surface area contributed by atoms with Crippen molar-refractivity contribution in [2.45, 2.75) is 6.92 Å². The molecule has 19 heavy (non-hydrogen) atoms. The molecule has 6 heteroatoms. The molecule has 0 heterocycles. The number of nitrogen functional groups attached to an aromatic ring is 1. The molecule has 0 aliphatic rings. The van der Waals surface area contributed by atoms with E-state index in [0.717, 1.165) is 5.56 Å². The van der Waals surface area contributed by atoms with Crippen molar-refractivity contribution in [2.24, 2.45) is 0 Å². The fourth-order valence-corrected chi connectivity index (χ4v) is 1.48. The average molecular weight is 265 g/mol. The highest BCUT2D eigenvalue weighted by molar-refractivity contribution is 6.00. The summed E-state index contributed by atoms with van der Waals surface area (Å²) in [4.78, 5) is 23.2. The van der Waals surface area contributed by atoms with E-state index in [-0.39, 0.29) is 18.4 Å². The number of carbonyl (C=O) groups excluding carboxylic acids is 2. The third-order valence-corrected chi connectivity index (χ3v) is 2.49. The molecule has 0 saturated carbocycles. The van der Waals surface area contributed by atoms with Crippen LogP contribution in [0.15, 0.2) is 18.2 Å². The second-order valence-electron chi connectivity index (χ2n) is 4.12. The maximum atomic E-state index is 11.9. The molecule has 0 spiro atoms. The molecule has 0 unspecified atom stereocenters. The highest BCUT2D eigenvalue weighted by Gasteiger charge is 2.11. The predicted molar refractivity (Wildman–Crippen MR) is 72.8 cm³/mol. The first-order chi connectivity index (χ1) is 9.04. The summed E-state index contributed by atoms with van der Waals surface area (Å²) >= 11 is 0. The first-order valence-corrected chi connectivity index (χ1v) is 5.94. The number of amides is 2. The van der Waals surface area contributed by atoms with Gasteiger partial charge in [-0.25, -0.2) is 0 Å². The van der Waals surface area contributed by atoms with E-state index in [1.165, 1.54) is 0 Å². The van der Waals surface area contributed by atoms with Gasteiger partial charge in [0.15, 0.2) is 0 Å². The van der Waals surface area contributed by atoms with Gasteiger partial charge in [-0.05, 0) is 19.1 Å². The highest BCUT2D eigenvalue weighted by atomic mass is 16.5. The molecular formula is C13H19N3O3. The largest absolute Gasteiger partial charge is 0.398 e. The van der Waals surface area contributed by atoms with Crippen molar-refractivity contribution >= 4 is 17.5 Å². The van der Waals surface area contributed by atoms with Gasteiger partial charge in [0.05, 0.1) is 18.7 Å². The Balaban J connectivity index is 2.47. The Morgan fingerprint density at radius 1 is 1.32 bits per heavy atom. The van der Waals surface area contributed by atoms with E-state index in [1.807, 2.05) is 13.0 Å². The Morgan fingerprint density at radius 2 is 2.05 bits per heavy atom. The summed E-state index contributed by atoms with van der Waals surface area (Å²) in [5, 5.41) is 5.13. The lowest BCUT2D eigenvalue weighted by atomic mass is 10.1.